The zero-order valence-corrected chi connectivity index (χ0v) is 22.3. The second-order valence-electron chi connectivity index (χ2n) is 10.1. The molecule has 2 aromatic carbocycles. The lowest BCUT2D eigenvalue weighted by Gasteiger charge is -2.26. The average molecular weight is 560 g/mol. The third-order valence-corrected chi connectivity index (χ3v) is 7.46. The van der Waals surface area contributed by atoms with Crippen LogP contribution in [0.3, 0.4) is 0 Å². The molecular formula is C30H28F3N7O. The van der Waals surface area contributed by atoms with Gasteiger partial charge in [-0.05, 0) is 55.2 Å². The molecule has 41 heavy (non-hydrogen) atoms. The number of aliphatic hydroxyl groups excluding tert-OH is 1. The van der Waals surface area contributed by atoms with E-state index in [1.54, 1.807) is 22.7 Å². The van der Waals surface area contributed by atoms with Crippen LogP contribution in [0, 0.1) is 0 Å². The topological polar surface area (TPSA) is 91.5 Å². The fourth-order valence-corrected chi connectivity index (χ4v) is 5.39. The molecule has 4 heterocycles. The van der Waals surface area contributed by atoms with Gasteiger partial charge in [-0.2, -0.15) is 13.2 Å². The molecule has 0 saturated carbocycles. The van der Waals surface area contributed by atoms with Gasteiger partial charge in [-0.1, -0.05) is 42.5 Å². The molecule has 6 rings (SSSR count). The number of fused-ring (bicyclic) bond motifs is 1. The molecule has 0 bridgehead atoms. The zero-order valence-electron chi connectivity index (χ0n) is 22.3. The molecule has 8 nitrogen and oxygen atoms in total. The van der Waals surface area contributed by atoms with Crippen LogP contribution in [0.2, 0.25) is 0 Å². The Bertz CT molecular complexity index is 1670. The van der Waals surface area contributed by atoms with Crippen LogP contribution < -0.4 is 10.2 Å². The first-order chi connectivity index (χ1) is 19.8. The molecule has 2 atom stereocenters. The van der Waals surface area contributed by atoms with E-state index in [1.165, 1.54) is 12.4 Å². The Morgan fingerprint density at radius 1 is 1.05 bits per heavy atom. The van der Waals surface area contributed by atoms with Crippen molar-refractivity contribution in [1.29, 1.82) is 0 Å². The van der Waals surface area contributed by atoms with E-state index in [2.05, 4.69) is 20.5 Å². The number of aliphatic hydroxyl groups is 1. The van der Waals surface area contributed by atoms with Crippen LogP contribution >= 0.6 is 0 Å². The number of nitrogens with one attached hydrogen (secondary N) is 1. The number of benzene rings is 2. The average Bonchev–Trinajstić information content (AvgIpc) is 3.67. The molecule has 2 N–H and O–H groups in total. The van der Waals surface area contributed by atoms with Crippen LogP contribution in [0.25, 0.3) is 28.0 Å². The Balaban J connectivity index is 1.53. The number of anilines is 2. The number of halogens is 3. The molecule has 0 aliphatic carbocycles. The number of pyridine rings is 1. The minimum atomic E-state index is -4.52. The first-order valence-corrected chi connectivity index (χ1v) is 13.4. The van der Waals surface area contributed by atoms with Crippen molar-refractivity contribution in [2.24, 2.45) is 0 Å². The summed E-state index contributed by atoms with van der Waals surface area (Å²) in [7, 11) is 0. The van der Waals surface area contributed by atoms with Gasteiger partial charge < -0.3 is 15.3 Å². The first kappa shape index (κ1) is 26.7. The van der Waals surface area contributed by atoms with E-state index in [0.717, 1.165) is 30.5 Å². The highest BCUT2D eigenvalue weighted by Crippen LogP contribution is 2.40. The monoisotopic (exact) mass is 559 g/mol. The van der Waals surface area contributed by atoms with Crippen LogP contribution in [0.5, 0.6) is 0 Å². The SMILES string of the molecule is C[C@H](Nc1cc(-c2nc(N3CCC[C@@H]3CO)n3cnnc3c2-c2cccc(C(F)(F)F)c2)ccn1)c1ccccc1. The van der Waals surface area contributed by atoms with Gasteiger partial charge >= 0.3 is 6.18 Å². The summed E-state index contributed by atoms with van der Waals surface area (Å²) in [5.41, 5.74) is 2.52. The van der Waals surface area contributed by atoms with Crippen molar-refractivity contribution in [2.75, 3.05) is 23.4 Å². The first-order valence-electron chi connectivity index (χ1n) is 13.4. The van der Waals surface area contributed by atoms with Gasteiger partial charge in [0.2, 0.25) is 5.95 Å². The molecular weight excluding hydrogens is 531 g/mol. The molecule has 5 aromatic rings. The quantitative estimate of drug-likeness (QED) is 0.253. The highest BCUT2D eigenvalue weighted by atomic mass is 19.4. The summed E-state index contributed by atoms with van der Waals surface area (Å²) >= 11 is 0. The number of alkyl halides is 3. The molecule has 0 spiro atoms. The molecule has 0 radical (unpaired) electrons. The number of nitrogens with zero attached hydrogens (tertiary/aromatic N) is 6. The number of hydrogen-bond acceptors (Lipinski definition) is 7. The number of rotatable bonds is 7. The highest BCUT2D eigenvalue weighted by Gasteiger charge is 2.32. The summed E-state index contributed by atoms with van der Waals surface area (Å²) in [6, 6.07) is 18.5. The third-order valence-electron chi connectivity index (χ3n) is 7.46. The summed E-state index contributed by atoms with van der Waals surface area (Å²) < 4.78 is 42.9. The summed E-state index contributed by atoms with van der Waals surface area (Å²) in [6.45, 7) is 2.65. The third kappa shape index (κ3) is 5.20. The second-order valence-corrected chi connectivity index (χ2v) is 10.1. The summed E-state index contributed by atoms with van der Waals surface area (Å²) in [6.07, 6.45) is 0.313. The summed E-state index contributed by atoms with van der Waals surface area (Å²) in [4.78, 5) is 11.5. The van der Waals surface area contributed by atoms with E-state index < -0.39 is 11.7 Å². The van der Waals surface area contributed by atoms with Gasteiger partial charge in [-0.25, -0.2) is 9.97 Å². The minimum absolute atomic E-state index is 0.0423. The zero-order chi connectivity index (χ0) is 28.6. The van der Waals surface area contributed by atoms with Crippen LogP contribution in [-0.2, 0) is 6.18 Å². The van der Waals surface area contributed by atoms with E-state index in [-0.39, 0.29) is 18.7 Å². The van der Waals surface area contributed by atoms with Crippen LogP contribution in [-0.4, -0.2) is 48.9 Å². The molecule has 11 heteroatoms. The van der Waals surface area contributed by atoms with E-state index in [0.29, 0.717) is 46.3 Å². The van der Waals surface area contributed by atoms with E-state index in [4.69, 9.17) is 4.98 Å². The fraction of sp³-hybridized carbons (Fsp3) is 0.267. The van der Waals surface area contributed by atoms with Gasteiger partial charge in [-0.3, -0.25) is 4.40 Å². The van der Waals surface area contributed by atoms with Crippen molar-refractivity contribution in [1.82, 2.24) is 24.6 Å². The Morgan fingerprint density at radius 3 is 2.66 bits per heavy atom. The van der Waals surface area contributed by atoms with Crippen LogP contribution in [0.4, 0.5) is 24.9 Å². The highest BCUT2D eigenvalue weighted by molar-refractivity contribution is 5.91. The van der Waals surface area contributed by atoms with Gasteiger partial charge in [0.25, 0.3) is 0 Å². The van der Waals surface area contributed by atoms with Gasteiger partial charge in [-0.15, -0.1) is 10.2 Å². The normalized spacial score (nSPS) is 16.3. The van der Waals surface area contributed by atoms with Gasteiger partial charge in [0, 0.05) is 24.3 Å². The molecule has 0 unspecified atom stereocenters. The van der Waals surface area contributed by atoms with Crippen molar-refractivity contribution in [3.8, 4) is 22.4 Å². The molecule has 0 amide bonds. The maximum atomic E-state index is 13.7. The molecule has 210 valence electrons. The Morgan fingerprint density at radius 2 is 1.88 bits per heavy atom. The smallest absolute Gasteiger partial charge is 0.394 e. The van der Waals surface area contributed by atoms with E-state index in [1.807, 2.05) is 48.2 Å². The lowest BCUT2D eigenvalue weighted by Crippen LogP contribution is -2.34. The predicted molar refractivity (Wildman–Crippen MR) is 150 cm³/mol. The Hall–Kier alpha value is -4.51. The largest absolute Gasteiger partial charge is 0.416 e. The van der Waals surface area contributed by atoms with Crippen LogP contribution in [0.1, 0.15) is 36.9 Å². The second kappa shape index (κ2) is 10.8. The maximum Gasteiger partial charge on any atom is 0.416 e. The molecule has 1 aliphatic heterocycles. The standard InChI is InChI=1S/C30H28F3N7O/c1-19(20-7-3-2-4-8-20)36-25-16-22(12-13-34-25)27-26(21-9-5-10-23(15-21)30(31,32)33)28-38-35-18-40(28)29(37-27)39-14-6-11-24(39)17-41/h2-5,7-10,12-13,15-16,18-19,24,41H,6,11,14,17H2,1H3,(H,34,36)/t19-,24+/m0/s1. The van der Waals surface area contributed by atoms with Gasteiger partial charge in [0.15, 0.2) is 5.65 Å². The fourth-order valence-electron chi connectivity index (χ4n) is 5.39. The van der Waals surface area contributed by atoms with Crippen molar-refractivity contribution in [2.45, 2.75) is 38.0 Å². The van der Waals surface area contributed by atoms with Crippen LogP contribution in [0.15, 0.2) is 79.3 Å². The summed E-state index contributed by atoms with van der Waals surface area (Å²) in [5.74, 6) is 1.11. The lowest BCUT2D eigenvalue weighted by atomic mass is 9.98. The van der Waals surface area contributed by atoms with Crippen molar-refractivity contribution in [3.63, 3.8) is 0 Å². The predicted octanol–water partition coefficient (Wildman–Crippen LogP) is 6.01. The minimum Gasteiger partial charge on any atom is -0.394 e. The van der Waals surface area contributed by atoms with Crippen molar-refractivity contribution >= 4 is 17.4 Å². The molecule has 3 aromatic heterocycles. The van der Waals surface area contributed by atoms with Crippen molar-refractivity contribution in [3.05, 3.63) is 90.4 Å². The molecule has 1 saturated heterocycles. The van der Waals surface area contributed by atoms with E-state index in [9.17, 15) is 18.3 Å². The van der Waals surface area contributed by atoms with Crippen molar-refractivity contribution < 1.29 is 18.3 Å². The Kier molecular flexibility index (Phi) is 7.04. The molecule has 1 aliphatic rings. The van der Waals surface area contributed by atoms with Gasteiger partial charge in [0.05, 0.1) is 29.5 Å². The summed E-state index contributed by atoms with van der Waals surface area (Å²) in [5, 5.41) is 21.9. The lowest BCUT2D eigenvalue weighted by molar-refractivity contribution is -0.137. The maximum absolute atomic E-state index is 13.7. The van der Waals surface area contributed by atoms with Gasteiger partial charge in [0.1, 0.15) is 12.1 Å². The Labute approximate surface area is 234 Å². The number of hydrogen-bond donors (Lipinski definition) is 2. The number of aromatic nitrogens is 5. The molecule has 1 fully saturated rings. The van der Waals surface area contributed by atoms with E-state index >= 15 is 0 Å².